The van der Waals surface area contributed by atoms with E-state index in [2.05, 4.69) is 52.3 Å². The molecule has 0 bridgehead atoms. The number of ether oxygens (including phenoxy) is 2. The highest BCUT2D eigenvalue weighted by Gasteiger charge is 2.28. The summed E-state index contributed by atoms with van der Waals surface area (Å²) >= 11 is 0. The Morgan fingerprint density at radius 2 is 1.72 bits per heavy atom. The number of fused-ring (bicyclic) bond motifs is 1. The number of methoxy groups -OCH3 is 2. The summed E-state index contributed by atoms with van der Waals surface area (Å²) in [7, 11) is 3.44. The van der Waals surface area contributed by atoms with Crippen LogP contribution < -0.4 is 9.47 Å². The van der Waals surface area contributed by atoms with Gasteiger partial charge in [-0.15, -0.1) is 0 Å². The molecule has 4 nitrogen and oxygen atoms in total. The number of nitrogens with zero attached hydrogens (tertiary/aromatic N) is 2. The smallest absolute Gasteiger partial charge is 0.161 e. The topological polar surface area (TPSA) is 24.9 Å². The quantitative estimate of drug-likeness (QED) is 0.704. The lowest BCUT2D eigenvalue weighted by Crippen LogP contribution is -2.49. The maximum absolute atomic E-state index is 5.53. The molecule has 4 rings (SSSR count). The molecular formula is C25H34N2O2. The van der Waals surface area contributed by atoms with Crippen LogP contribution >= 0.6 is 0 Å². The Bertz CT molecular complexity index is 793. The molecule has 2 aromatic rings. The largest absolute Gasteiger partial charge is 0.493 e. The number of piperidine rings is 1. The van der Waals surface area contributed by atoms with Crippen molar-refractivity contribution in [1.82, 2.24) is 9.80 Å². The van der Waals surface area contributed by atoms with Crippen LogP contribution in [0.3, 0.4) is 0 Å². The molecule has 0 spiro atoms. The van der Waals surface area contributed by atoms with Crippen LogP contribution in [-0.2, 0) is 19.4 Å². The monoisotopic (exact) mass is 394 g/mol. The minimum atomic E-state index is 0.668. The molecule has 156 valence electrons. The van der Waals surface area contributed by atoms with Crippen molar-refractivity contribution in [2.45, 2.75) is 44.7 Å². The van der Waals surface area contributed by atoms with E-state index >= 15 is 0 Å². The minimum absolute atomic E-state index is 0.668. The van der Waals surface area contributed by atoms with Crippen molar-refractivity contribution in [2.24, 2.45) is 0 Å². The molecule has 1 saturated heterocycles. The van der Waals surface area contributed by atoms with Crippen LogP contribution in [0.25, 0.3) is 0 Å². The molecule has 2 aliphatic heterocycles. The SMILES string of the molecule is COc1cc2c(cc1OC)CN(C1CCCN(CCCc3ccccc3)C1)CC2. The highest BCUT2D eigenvalue weighted by molar-refractivity contribution is 5.48. The van der Waals surface area contributed by atoms with E-state index in [4.69, 9.17) is 9.47 Å². The lowest BCUT2D eigenvalue weighted by Gasteiger charge is -2.41. The summed E-state index contributed by atoms with van der Waals surface area (Å²) in [6.45, 7) is 5.84. The zero-order chi connectivity index (χ0) is 20.1. The Morgan fingerprint density at radius 3 is 2.48 bits per heavy atom. The van der Waals surface area contributed by atoms with Gasteiger partial charge in [0.1, 0.15) is 0 Å². The standard InChI is InChI=1S/C25H34N2O2/c1-28-24-16-21-12-15-27(18-22(21)17-25(24)29-2)23-11-7-14-26(19-23)13-6-10-20-8-4-3-5-9-20/h3-5,8-9,16-17,23H,6-7,10-15,18-19H2,1-2H3. The molecule has 0 aromatic heterocycles. The number of hydrogen-bond donors (Lipinski definition) is 0. The summed E-state index contributed by atoms with van der Waals surface area (Å²) in [6, 6.07) is 15.9. The van der Waals surface area contributed by atoms with Crippen molar-refractivity contribution in [3.05, 3.63) is 59.2 Å². The van der Waals surface area contributed by atoms with Gasteiger partial charge in [0.15, 0.2) is 11.5 Å². The van der Waals surface area contributed by atoms with Crippen LogP contribution in [0.5, 0.6) is 11.5 Å². The van der Waals surface area contributed by atoms with E-state index < -0.39 is 0 Å². The molecule has 0 amide bonds. The molecule has 0 N–H and O–H groups in total. The second kappa shape index (κ2) is 9.64. The van der Waals surface area contributed by atoms with Gasteiger partial charge < -0.3 is 14.4 Å². The molecule has 1 fully saturated rings. The van der Waals surface area contributed by atoms with Crippen LogP contribution in [0.2, 0.25) is 0 Å². The summed E-state index contributed by atoms with van der Waals surface area (Å²) in [5.74, 6) is 1.70. The lowest BCUT2D eigenvalue weighted by molar-refractivity contribution is 0.0869. The number of benzene rings is 2. The highest BCUT2D eigenvalue weighted by atomic mass is 16.5. The van der Waals surface area contributed by atoms with E-state index in [0.29, 0.717) is 6.04 Å². The Balaban J connectivity index is 1.33. The molecule has 29 heavy (non-hydrogen) atoms. The van der Waals surface area contributed by atoms with E-state index in [-0.39, 0.29) is 0 Å². The Labute approximate surface area is 175 Å². The molecule has 1 unspecified atom stereocenters. The zero-order valence-corrected chi connectivity index (χ0v) is 17.9. The maximum atomic E-state index is 5.53. The Hall–Kier alpha value is -2.04. The van der Waals surface area contributed by atoms with Crippen LogP contribution in [0.15, 0.2) is 42.5 Å². The Kier molecular flexibility index (Phi) is 6.73. The Morgan fingerprint density at radius 1 is 0.966 bits per heavy atom. The van der Waals surface area contributed by atoms with E-state index in [0.717, 1.165) is 31.0 Å². The van der Waals surface area contributed by atoms with Gasteiger partial charge in [-0.25, -0.2) is 0 Å². The fraction of sp³-hybridized carbons (Fsp3) is 0.520. The molecule has 1 atom stereocenters. The summed E-state index contributed by atoms with van der Waals surface area (Å²) < 4.78 is 11.0. The molecule has 2 aromatic carbocycles. The average molecular weight is 395 g/mol. The van der Waals surface area contributed by atoms with Gasteiger partial charge in [-0.05, 0) is 74.0 Å². The van der Waals surface area contributed by atoms with Crippen molar-refractivity contribution in [1.29, 1.82) is 0 Å². The van der Waals surface area contributed by atoms with Gasteiger partial charge in [-0.3, -0.25) is 4.90 Å². The molecule has 4 heteroatoms. The van der Waals surface area contributed by atoms with Crippen molar-refractivity contribution in [3.63, 3.8) is 0 Å². The van der Waals surface area contributed by atoms with E-state index in [1.54, 1.807) is 14.2 Å². The number of rotatable bonds is 7. The zero-order valence-electron chi connectivity index (χ0n) is 17.9. The van der Waals surface area contributed by atoms with Gasteiger partial charge in [0, 0.05) is 25.7 Å². The average Bonchev–Trinajstić information content (AvgIpc) is 2.78. The van der Waals surface area contributed by atoms with Gasteiger partial charge in [0.25, 0.3) is 0 Å². The lowest BCUT2D eigenvalue weighted by atomic mass is 9.95. The third-order valence-electron chi connectivity index (χ3n) is 6.53. The molecule has 2 aliphatic rings. The van der Waals surface area contributed by atoms with Crippen LogP contribution in [0.4, 0.5) is 0 Å². The second-order valence-electron chi connectivity index (χ2n) is 8.38. The van der Waals surface area contributed by atoms with Gasteiger partial charge in [0.2, 0.25) is 0 Å². The van der Waals surface area contributed by atoms with Crippen LogP contribution in [0, 0.1) is 0 Å². The number of aryl methyl sites for hydroxylation is 1. The van der Waals surface area contributed by atoms with Gasteiger partial charge in [-0.2, -0.15) is 0 Å². The summed E-state index contributed by atoms with van der Waals surface area (Å²) in [5.41, 5.74) is 4.27. The normalized spacial score (nSPS) is 20.3. The number of hydrogen-bond acceptors (Lipinski definition) is 4. The first-order chi connectivity index (χ1) is 14.3. The highest BCUT2D eigenvalue weighted by Crippen LogP contribution is 2.34. The number of likely N-dealkylation sites (tertiary alicyclic amines) is 1. The van der Waals surface area contributed by atoms with Crippen molar-refractivity contribution < 1.29 is 9.47 Å². The third kappa shape index (κ3) is 4.93. The van der Waals surface area contributed by atoms with Crippen molar-refractivity contribution in [2.75, 3.05) is 40.4 Å². The van der Waals surface area contributed by atoms with E-state index in [9.17, 15) is 0 Å². The van der Waals surface area contributed by atoms with E-state index in [1.807, 2.05) is 0 Å². The minimum Gasteiger partial charge on any atom is -0.493 e. The third-order valence-corrected chi connectivity index (χ3v) is 6.53. The van der Waals surface area contributed by atoms with Gasteiger partial charge in [0.05, 0.1) is 14.2 Å². The molecular weight excluding hydrogens is 360 g/mol. The predicted molar refractivity (Wildman–Crippen MR) is 118 cm³/mol. The second-order valence-corrected chi connectivity index (χ2v) is 8.38. The molecule has 2 heterocycles. The molecule has 0 aliphatic carbocycles. The fourth-order valence-electron chi connectivity index (χ4n) is 4.90. The van der Waals surface area contributed by atoms with Crippen molar-refractivity contribution >= 4 is 0 Å². The van der Waals surface area contributed by atoms with Gasteiger partial charge in [-0.1, -0.05) is 30.3 Å². The summed E-state index contributed by atoms with van der Waals surface area (Å²) in [4.78, 5) is 5.37. The molecule has 0 radical (unpaired) electrons. The van der Waals surface area contributed by atoms with E-state index in [1.165, 1.54) is 62.0 Å². The fourth-order valence-corrected chi connectivity index (χ4v) is 4.90. The summed E-state index contributed by atoms with van der Waals surface area (Å²) in [6.07, 6.45) is 6.15. The van der Waals surface area contributed by atoms with Gasteiger partial charge >= 0.3 is 0 Å². The maximum Gasteiger partial charge on any atom is 0.161 e. The predicted octanol–water partition coefficient (Wildman–Crippen LogP) is 4.16. The first-order valence-corrected chi connectivity index (χ1v) is 11.0. The molecule has 0 saturated carbocycles. The van der Waals surface area contributed by atoms with Crippen LogP contribution in [-0.4, -0.2) is 56.2 Å². The first kappa shape index (κ1) is 20.2. The van der Waals surface area contributed by atoms with Crippen LogP contribution in [0.1, 0.15) is 36.0 Å². The first-order valence-electron chi connectivity index (χ1n) is 11.0. The van der Waals surface area contributed by atoms with Crippen molar-refractivity contribution in [3.8, 4) is 11.5 Å². The summed E-state index contributed by atoms with van der Waals surface area (Å²) in [5, 5.41) is 0.